The van der Waals surface area contributed by atoms with Gasteiger partial charge in [0.25, 0.3) is 0 Å². The summed E-state index contributed by atoms with van der Waals surface area (Å²) in [5.41, 5.74) is 3.16. The fourth-order valence-corrected chi connectivity index (χ4v) is 4.00. The summed E-state index contributed by atoms with van der Waals surface area (Å²) in [6.45, 7) is 11.9. The Balaban J connectivity index is 1.80. The van der Waals surface area contributed by atoms with E-state index in [0.717, 1.165) is 17.8 Å². The molecule has 35 heavy (non-hydrogen) atoms. The van der Waals surface area contributed by atoms with Gasteiger partial charge in [0, 0.05) is 37.9 Å². The van der Waals surface area contributed by atoms with Gasteiger partial charge in [0.15, 0.2) is 0 Å². The van der Waals surface area contributed by atoms with Crippen molar-refractivity contribution in [2.24, 2.45) is 5.41 Å². The van der Waals surface area contributed by atoms with Gasteiger partial charge in [0.05, 0.1) is 6.54 Å². The summed E-state index contributed by atoms with van der Waals surface area (Å²) in [5, 5.41) is 0. The molecule has 0 atom stereocenters. The maximum Gasteiger partial charge on any atom is 0.242 e. The Kier molecular flexibility index (Phi) is 9.07. The van der Waals surface area contributed by atoms with E-state index in [9.17, 15) is 9.59 Å². The second-order valence-corrected chi connectivity index (χ2v) is 10.1. The molecule has 0 saturated carbocycles. The van der Waals surface area contributed by atoms with Gasteiger partial charge in [-0.25, -0.2) is 0 Å². The molecule has 0 spiro atoms. The Hall–Kier alpha value is -3.60. The highest BCUT2D eigenvalue weighted by molar-refractivity contribution is 5.85. The van der Waals surface area contributed by atoms with Crippen LogP contribution >= 0.6 is 0 Å². The molecule has 0 unspecified atom stereocenters. The summed E-state index contributed by atoms with van der Waals surface area (Å²) in [6.07, 6.45) is 4.11. The van der Waals surface area contributed by atoms with E-state index in [0.29, 0.717) is 26.1 Å². The smallest absolute Gasteiger partial charge is 0.242 e. The van der Waals surface area contributed by atoms with Crippen LogP contribution in [0.2, 0.25) is 0 Å². The first-order chi connectivity index (χ1) is 16.7. The highest BCUT2D eigenvalue weighted by Gasteiger charge is 2.25. The van der Waals surface area contributed by atoms with Gasteiger partial charge in [0.1, 0.15) is 6.54 Å². The van der Waals surface area contributed by atoms with Gasteiger partial charge >= 0.3 is 0 Å². The fourth-order valence-electron chi connectivity index (χ4n) is 4.00. The van der Waals surface area contributed by atoms with Crippen LogP contribution in [0.15, 0.2) is 91.6 Å². The summed E-state index contributed by atoms with van der Waals surface area (Å²) in [6, 6.07) is 24.3. The van der Waals surface area contributed by atoms with Crippen molar-refractivity contribution in [2.75, 3.05) is 13.1 Å². The summed E-state index contributed by atoms with van der Waals surface area (Å²) >= 11 is 0. The summed E-state index contributed by atoms with van der Waals surface area (Å²) in [7, 11) is 0. The molecule has 0 radical (unpaired) electrons. The molecule has 3 rings (SSSR count). The minimum atomic E-state index is -0.151. The lowest BCUT2D eigenvalue weighted by atomic mass is 9.91. The van der Waals surface area contributed by atoms with E-state index >= 15 is 0 Å². The van der Waals surface area contributed by atoms with Crippen molar-refractivity contribution in [1.29, 1.82) is 0 Å². The molecule has 5 heteroatoms. The molecule has 2 aromatic carbocycles. The normalized spacial score (nSPS) is 11.2. The first kappa shape index (κ1) is 26.0. The number of carbonyl (C=O) groups is 2. The zero-order chi connectivity index (χ0) is 25.3. The predicted octanol–water partition coefficient (Wildman–Crippen LogP) is 5.52. The van der Waals surface area contributed by atoms with Crippen molar-refractivity contribution in [3.05, 3.63) is 108 Å². The number of hydrogen-bond acceptors (Lipinski definition) is 2. The molecule has 0 aliphatic carbocycles. The van der Waals surface area contributed by atoms with E-state index < -0.39 is 0 Å². The lowest BCUT2D eigenvalue weighted by Gasteiger charge is -2.29. The largest absolute Gasteiger partial charge is 0.345 e. The first-order valence-electron chi connectivity index (χ1n) is 12.1. The van der Waals surface area contributed by atoms with Gasteiger partial charge in [-0.15, -0.1) is 6.58 Å². The molecule has 0 aliphatic heterocycles. The quantitative estimate of drug-likeness (QED) is 0.346. The number of amides is 2. The predicted molar refractivity (Wildman–Crippen MR) is 142 cm³/mol. The number of rotatable bonds is 11. The average Bonchev–Trinajstić information content (AvgIpc) is 3.25. The number of aromatic nitrogens is 1. The minimum absolute atomic E-state index is 0.0298. The van der Waals surface area contributed by atoms with Crippen LogP contribution in [-0.4, -0.2) is 39.3 Å². The van der Waals surface area contributed by atoms with Crippen LogP contribution in [0, 0.1) is 5.41 Å². The van der Waals surface area contributed by atoms with E-state index in [4.69, 9.17) is 0 Å². The van der Waals surface area contributed by atoms with Gasteiger partial charge < -0.3 is 14.4 Å². The van der Waals surface area contributed by atoms with Gasteiger partial charge in [-0.2, -0.15) is 0 Å². The van der Waals surface area contributed by atoms with Gasteiger partial charge in [-0.1, -0.05) is 87.5 Å². The topological polar surface area (TPSA) is 45.6 Å². The molecule has 184 valence electrons. The fraction of sp³-hybridized carbons (Fsp3) is 0.333. The van der Waals surface area contributed by atoms with Crippen LogP contribution in [0.25, 0.3) is 0 Å². The van der Waals surface area contributed by atoms with Crippen LogP contribution in [0.4, 0.5) is 0 Å². The van der Waals surface area contributed by atoms with E-state index in [1.807, 2.05) is 86.5 Å². The maximum absolute atomic E-state index is 13.6. The van der Waals surface area contributed by atoms with Gasteiger partial charge in [-0.3, -0.25) is 9.59 Å². The van der Waals surface area contributed by atoms with E-state index in [-0.39, 0.29) is 23.8 Å². The molecule has 0 N–H and O–H groups in total. The molecule has 2 amide bonds. The second-order valence-electron chi connectivity index (χ2n) is 10.1. The number of carbonyl (C=O) groups excluding carboxylic acids is 2. The monoisotopic (exact) mass is 471 g/mol. The average molecular weight is 472 g/mol. The summed E-state index contributed by atoms with van der Waals surface area (Å²) < 4.78 is 2.17. The standard InChI is InChI=1S/C30H37N3O2/c1-5-18-32(28(34)20-30(2,3)4)24-29(35)33(22-26-15-10-7-11-16-26)23-27-17-12-19-31(27)21-25-13-8-6-9-14-25/h5-17,19H,1,18,20-24H2,2-4H3. The third-order valence-electron chi connectivity index (χ3n) is 5.75. The molecule has 0 saturated heterocycles. The molecule has 1 heterocycles. The first-order valence-corrected chi connectivity index (χ1v) is 12.1. The van der Waals surface area contributed by atoms with Crippen molar-refractivity contribution in [1.82, 2.24) is 14.4 Å². The van der Waals surface area contributed by atoms with E-state index in [1.54, 1.807) is 11.0 Å². The third kappa shape index (κ3) is 8.29. The minimum Gasteiger partial charge on any atom is -0.345 e. The van der Waals surface area contributed by atoms with Crippen LogP contribution < -0.4 is 0 Å². The molecule has 3 aromatic rings. The zero-order valence-corrected chi connectivity index (χ0v) is 21.2. The number of hydrogen-bond donors (Lipinski definition) is 0. The zero-order valence-electron chi connectivity index (χ0n) is 21.2. The Morgan fingerprint density at radius 1 is 0.829 bits per heavy atom. The third-order valence-corrected chi connectivity index (χ3v) is 5.75. The molecule has 0 bridgehead atoms. The molecule has 1 aromatic heterocycles. The molecule has 0 fully saturated rings. The highest BCUT2D eigenvalue weighted by Crippen LogP contribution is 2.20. The molecule has 0 aliphatic rings. The Morgan fingerprint density at radius 2 is 1.46 bits per heavy atom. The number of nitrogens with zero attached hydrogens (tertiary/aromatic N) is 3. The van der Waals surface area contributed by atoms with E-state index in [1.165, 1.54) is 5.56 Å². The Labute approximate surface area is 209 Å². The summed E-state index contributed by atoms with van der Waals surface area (Å²) in [4.78, 5) is 30.0. The van der Waals surface area contributed by atoms with Crippen molar-refractivity contribution in [3.8, 4) is 0 Å². The SMILES string of the molecule is C=CCN(CC(=O)N(Cc1ccccc1)Cc1cccn1Cc1ccccc1)C(=O)CC(C)(C)C. The lowest BCUT2D eigenvalue weighted by molar-refractivity contribution is -0.141. The Morgan fingerprint density at radius 3 is 2.06 bits per heavy atom. The van der Waals surface area contributed by atoms with Crippen LogP contribution in [0.5, 0.6) is 0 Å². The molecular weight excluding hydrogens is 434 g/mol. The van der Waals surface area contributed by atoms with Crippen LogP contribution in [0.1, 0.15) is 44.0 Å². The van der Waals surface area contributed by atoms with E-state index in [2.05, 4.69) is 29.3 Å². The van der Waals surface area contributed by atoms with Gasteiger partial charge in [-0.05, 0) is 28.7 Å². The van der Waals surface area contributed by atoms with Crippen LogP contribution in [0.3, 0.4) is 0 Å². The van der Waals surface area contributed by atoms with Crippen molar-refractivity contribution >= 4 is 11.8 Å². The summed E-state index contributed by atoms with van der Waals surface area (Å²) in [5.74, 6) is -0.108. The van der Waals surface area contributed by atoms with Crippen molar-refractivity contribution < 1.29 is 9.59 Å². The second kappa shape index (κ2) is 12.2. The van der Waals surface area contributed by atoms with Crippen molar-refractivity contribution in [2.45, 2.75) is 46.8 Å². The maximum atomic E-state index is 13.6. The Bertz CT molecular complexity index is 1100. The van der Waals surface area contributed by atoms with Crippen LogP contribution in [-0.2, 0) is 29.2 Å². The van der Waals surface area contributed by atoms with Gasteiger partial charge in [0.2, 0.25) is 11.8 Å². The highest BCUT2D eigenvalue weighted by atomic mass is 16.2. The molecule has 5 nitrogen and oxygen atoms in total. The number of benzene rings is 2. The van der Waals surface area contributed by atoms with Crippen molar-refractivity contribution in [3.63, 3.8) is 0 Å². The molecular formula is C30H37N3O2. The lowest BCUT2D eigenvalue weighted by Crippen LogP contribution is -2.43.